The second-order valence-corrected chi connectivity index (χ2v) is 5.95. The van der Waals surface area contributed by atoms with Crippen LogP contribution in [0.15, 0.2) is 4.99 Å². The van der Waals surface area contributed by atoms with E-state index in [9.17, 15) is 14.4 Å². The molecule has 0 radical (unpaired) electrons. The zero-order chi connectivity index (χ0) is 18.5. The van der Waals surface area contributed by atoms with Crippen LogP contribution in [-0.2, 0) is 14.4 Å². The van der Waals surface area contributed by atoms with Crippen LogP contribution < -0.4 is 22.1 Å². The van der Waals surface area contributed by atoms with Crippen molar-refractivity contribution < 1.29 is 19.5 Å². The Labute approximate surface area is 142 Å². The van der Waals surface area contributed by atoms with Gasteiger partial charge in [0.1, 0.15) is 6.04 Å². The fourth-order valence-electron chi connectivity index (χ4n) is 1.97. The van der Waals surface area contributed by atoms with Crippen LogP contribution in [0.5, 0.6) is 0 Å². The molecule has 0 bridgehead atoms. The Kier molecular flexibility index (Phi) is 11.0. The minimum atomic E-state index is -1.05. The van der Waals surface area contributed by atoms with Crippen molar-refractivity contribution in [3.8, 4) is 0 Å². The van der Waals surface area contributed by atoms with Crippen molar-refractivity contribution >= 4 is 23.7 Å². The highest BCUT2D eigenvalue weighted by molar-refractivity contribution is 5.88. The largest absolute Gasteiger partial charge is 0.481 e. The number of hydrogen-bond donors (Lipinski definition) is 5. The van der Waals surface area contributed by atoms with Gasteiger partial charge in [0, 0.05) is 19.5 Å². The fourth-order valence-corrected chi connectivity index (χ4v) is 1.97. The molecule has 0 aromatic heterocycles. The third-order valence-corrected chi connectivity index (χ3v) is 3.10. The Hall–Kier alpha value is -2.32. The summed E-state index contributed by atoms with van der Waals surface area (Å²) < 4.78 is 0. The molecule has 7 N–H and O–H groups in total. The number of rotatable bonds is 12. The van der Waals surface area contributed by atoms with E-state index in [4.69, 9.17) is 16.6 Å². The van der Waals surface area contributed by atoms with Gasteiger partial charge in [-0.05, 0) is 25.2 Å². The SMILES string of the molecule is CC(C)CC(NC(=O)CCC(=O)O)C(=O)NCCCCN=C(N)N. The average Bonchev–Trinajstić information content (AvgIpc) is 2.47. The molecule has 24 heavy (non-hydrogen) atoms. The van der Waals surface area contributed by atoms with Crippen LogP contribution in [0.25, 0.3) is 0 Å². The van der Waals surface area contributed by atoms with Gasteiger partial charge in [0.25, 0.3) is 0 Å². The zero-order valence-corrected chi connectivity index (χ0v) is 14.4. The Morgan fingerprint density at radius 3 is 2.33 bits per heavy atom. The summed E-state index contributed by atoms with van der Waals surface area (Å²) in [6, 6.07) is -0.663. The lowest BCUT2D eigenvalue weighted by atomic mass is 10.0. The van der Waals surface area contributed by atoms with E-state index >= 15 is 0 Å². The number of guanidine groups is 1. The average molecular weight is 343 g/mol. The first-order valence-corrected chi connectivity index (χ1v) is 8.06. The molecule has 1 atom stereocenters. The van der Waals surface area contributed by atoms with Crippen molar-refractivity contribution in [2.75, 3.05) is 13.1 Å². The summed E-state index contributed by atoms with van der Waals surface area (Å²) in [4.78, 5) is 38.2. The number of carbonyl (C=O) groups excluding carboxylic acids is 2. The lowest BCUT2D eigenvalue weighted by Crippen LogP contribution is -2.47. The lowest BCUT2D eigenvalue weighted by molar-refractivity contribution is -0.139. The number of carboxylic acids is 1. The number of amides is 2. The number of nitrogens with two attached hydrogens (primary N) is 2. The van der Waals surface area contributed by atoms with Gasteiger partial charge in [0.2, 0.25) is 11.8 Å². The predicted octanol–water partition coefficient (Wildman–Crippen LogP) is -0.448. The van der Waals surface area contributed by atoms with Crippen molar-refractivity contribution in [2.45, 2.75) is 52.0 Å². The summed E-state index contributed by atoms with van der Waals surface area (Å²) in [6.07, 6.45) is 1.53. The number of carbonyl (C=O) groups is 3. The minimum Gasteiger partial charge on any atom is -0.481 e. The maximum Gasteiger partial charge on any atom is 0.303 e. The molecule has 0 aromatic carbocycles. The van der Waals surface area contributed by atoms with E-state index in [1.807, 2.05) is 13.8 Å². The quantitative estimate of drug-likeness (QED) is 0.183. The highest BCUT2D eigenvalue weighted by Gasteiger charge is 2.21. The molecule has 0 aliphatic rings. The minimum absolute atomic E-state index is 0.0418. The highest BCUT2D eigenvalue weighted by Crippen LogP contribution is 2.06. The van der Waals surface area contributed by atoms with Crippen molar-refractivity contribution in [2.24, 2.45) is 22.4 Å². The topological polar surface area (TPSA) is 160 Å². The number of unbranched alkanes of at least 4 members (excludes halogenated alkanes) is 1. The van der Waals surface area contributed by atoms with Crippen molar-refractivity contribution in [1.82, 2.24) is 10.6 Å². The normalized spacial score (nSPS) is 11.6. The number of aliphatic imine (C=N–C) groups is 1. The van der Waals surface area contributed by atoms with Gasteiger partial charge < -0.3 is 27.2 Å². The van der Waals surface area contributed by atoms with Gasteiger partial charge in [0.15, 0.2) is 5.96 Å². The van der Waals surface area contributed by atoms with Gasteiger partial charge in [-0.1, -0.05) is 13.8 Å². The van der Waals surface area contributed by atoms with Gasteiger partial charge in [-0.3, -0.25) is 19.4 Å². The first kappa shape index (κ1) is 21.7. The van der Waals surface area contributed by atoms with Crippen LogP contribution in [0.2, 0.25) is 0 Å². The molecule has 0 aromatic rings. The van der Waals surface area contributed by atoms with E-state index in [-0.39, 0.29) is 30.6 Å². The third kappa shape index (κ3) is 12.2. The molecule has 9 heteroatoms. The van der Waals surface area contributed by atoms with Crippen LogP contribution in [0.4, 0.5) is 0 Å². The molecule has 0 aliphatic heterocycles. The molecule has 0 fully saturated rings. The molecule has 0 saturated carbocycles. The van der Waals surface area contributed by atoms with Gasteiger partial charge in [0.05, 0.1) is 6.42 Å². The molecular formula is C15H29N5O4. The molecule has 0 spiro atoms. The van der Waals surface area contributed by atoms with Crippen molar-refractivity contribution in [3.05, 3.63) is 0 Å². The molecule has 0 heterocycles. The third-order valence-electron chi connectivity index (χ3n) is 3.10. The molecule has 9 nitrogen and oxygen atoms in total. The number of nitrogens with zero attached hydrogens (tertiary/aromatic N) is 1. The predicted molar refractivity (Wildman–Crippen MR) is 91.2 cm³/mol. The van der Waals surface area contributed by atoms with Crippen molar-refractivity contribution in [1.29, 1.82) is 0 Å². The van der Waals surface area contributed by atoms with Crippen LogP contribution in [-0.4, -0.2) is 48.0 Å². The lowest BCUT2D eigenvalue weighted by Gasteiger charge is -2.20. The van der Waals surface area contributed by atoms with E-state index in [1.165, 1.54) is 0 Å². The van der Waals surface area contributed by atoms with Gasteiger partial charge in [-0.15, -0.1) is 0 Å². The Morgan fingerprint density at radius 2 is 1.79 bits per heavy atom. The van der Waals surface area contributed by atoms with Crippen LogP contribution in [0, 0.1) is 5.92 Å². The summed E-state index contributed by atoms with van der Waals surface area (Å²) in [5, 5.41) is 14.0. The van der Waals surface area contributed by atoms with Crippen molar-refractivity contribution in [3.63, 3.8) is 0 Å². The zero-order valence-electron chi connectivity index (χ0n) is 14.4. The summed E-state index contributed by atoms with van der Waals surface area (Å²) >= 11 is 0. The molecule has 138 valence electrons. The Balaban J connectivity index is 4.27. The molecular weight excluding hydrogens is 314 g/mol. The van der Waals surface area contributed by atoms with Gasteiger partial charge >= 0.3 is 5.97 Å². The maximum absolute atomic E-state index is 12.2. The monoisotopic (exact) mass is 343 g/mol. The fraction of sp³-hybridized carbons (Fsp3) is 0.733. The second-order valence-electron chi connectivity index (χ2n) is 5.95. The highest BCUT2D eigenvalue weighted by atomic mass is 16.4. The summed E-state index contributed by atoms with van der Waals surface area (Å²) in [5.41, 5.74) is 10.4. The molecule has 1 unspecified atom stereocenters. The van der Waals surface area contributed by atoms with Crippen LogP contribution >= 0.6 is 0 Å². The van der Waals surface area contributed by atoms with E-state index in [0.29, 0.717) is 25.9 Å². The van der Waals surface area contributed by atoms with Crippen LogP contribution in [0.3, 0.4) is 0 Å². The van der Waals surface area contributed by atoms with Gasteiger partial charge in [-0.2, -0.15) is 0 Å². The number of aliphatic carboxylic acids is 1. The summed E-state index contributed by atoms with van der Waals surface area (Å²) in [7, 11) is 0. The van der Waals surface area contributed by atoms with Gasteiger partial charge in [-0.25, -0.2) is 0 Å². The van der Waals surface area contributed by atoms with Crippen LogP contribution in [0.1, 0.15) is 46.0 Å². The standard InChI is InChI=1S/C15H29N5O4/c1-10(2)9-11(20-12(21)5-6-13(22)23)14(24)18-7-3-4-8-19-15(16)17/h10-11H,3-9H2,1-2H3,(H,18,24)(H,20,21)(H,22,23)(H4,16,17,19). The maximum atomic E-state index is 12.2. The number of carboxylic acid groups (broad SMARTS) is 1. The van der Waals surface area contributed by atoms with E-state index in [2.05, 4.69) is 15.6 Å². The van der Waals surface area contributed by atoms with E-state index < -0.39 is 17.9 Å². The first-order valence-electron chi connectivity index (χ1n) is 8.06. The Morgan fingerprint density at radius 1 is 1.12 bits per heavy atom. The molecule has 0 aliphatic carbocycles. The number of hydrogen-bond acceptors (Lipinski definition) is 4. The van der Waals surface area contributed by atoms with E-state index in [1.54, 1.807) is 0 Å². The second kappa shape index (κ2) is 12.1. The number of nitrogens with one attached hydrogen (secondary N) is 2. The molecule has 0 rings (SSSR count). The smallest absolute Gasteiger partial charge is 0.303 e. The molecule has 0 saturated heterocycles. The Bertz CT molecular complexity index is 447. The summed E-state index contributed by atoms with van der Waals surface area (Å²) in [5.74, 6) is -1.50. The molecule has 2 amide bonds. The van der Waals surface area contributed by atoms with E-state index in [0.717, 1.165) is 6.42 Å². The summed E-state index contributed by atoms with van der Waals surface area (Å²) in [6.45, 7) is 4.84. The first-order chi connectivity index (χ1) is 11.2.